The van der Waals surface area contributed by atoms with Gasteiger partial charge in [0, 0.05) is 73.7 Å². The van der Waals surface area contributed by atoms with Crippen molar-refractivity contribution in [3.05, 3.63) is 206 Å². The van der Waals surface area contributed by atoms with E-state index in [1.165, 1.54) is 95.8 Å². The van der Waals surface area contributed by atoms with Crippen molar-refractivity contribution in [1.82, 2.24) is 4.57 Å². The number of aromatic nitrogens is 1. The Labute approximate surface area is 343 Å². The van der Waals surface area contributed by atoms with E-state index in [0.717, 1.165) is 11.4 Å². The Morgan fingerprint density at radius 3 is 1.59 bits per heavy atom. The molecule has 0 N–H and O–H groups in total. The Bertz CT molecular complexity index is 3450. The first-order chi connectivity index (χ1) is 28.8. The average molecular weight is 775 g/mol. The molecule has 0 saturated heterocycles. The topological polar surface area (TPSA) is 8.17 Å². The zero-order valence-corrected chi connectivity index (χ0v) is 33.0. The van der Waals surface area contributed by atoms with Gasteiger partial charge in [0.15, 0.2) is 0 Å². The van der Waals surface area contributed by atoms with E-state index in [0.29, 0.717) is 0 Å². The van der Waals surface area contributed by atoms with E-state index in [1.807, 2.05) is 22.7 Å². The molecule has 0 bridgehead atoms. The normalized spacial score (nSPS) is 11.8. The van der Waals surface area contributed by atoms with Crippen LogP contribution in [0.5, 0.6) is 0 Å². The molecular formula is C54H34N2S2. The van der Waals surface area contributed by atoms with E-state index in [9.17, 15) is 0 Å². The second kappa shape index (κ2) is 13.3. The van der Waals surface area contributed by atoms with Crippen LogP contribution >= 0.6 is 22.7 Å². The van der Waals surface area contributed by atoms with Gasteiger partial charge in [0.25, 0.3) is 0 Å². The van der Waals surface area contributed by atoms with Crippen LogP contribution in [-0.4, -0.2) is 4.57 Å². The van der Waals surface area contributed by atoms with Gasteiger partial charge in [-0.25, -0.2) is 0 Å². The summed E-state index contributed by atoms with van der Waals surface area (Å²) in [5.41, 5.74) is 11.9. The van der Waals surface area contributed by atoms with Gasteiger partial charge >= 0.3 is 0 Å². The molecule has 0 aliphatic carbocycles. The summed E-state index contributed by atoms with van der Waals surface area (Å²) in [6, 6.07) is 75.6. The summed E-state index contributed by atoms with van der Waals surface area (Å²) in [5, 5.41) is 7.69. The molecule has 3 heterocycles. The van der Waals surface area contributed by atoms with Gasteiger partial charge in [-0.2, -0.15) is 0 Å². The van der Waals surface area contributed by atoms with Crippen molar-refractivity contribution in [3.63, 3.8) is 0 Å². The summed E-state index contributed by atoms with van der Waals surface area (Å²) in [5.74, 6) is 0. The smallest absolute Gasteiger partial charge is 0.0554 e. The third-order valence-electron chi connectivity index (χ3n) is 11.6. The third kappa shape index (κ3) is 5.23. The minimum atomic E-state index is 1.12. The number of para-hydroxylation sites is 2. The molecule has 272 valence electrons. The van der Waals surface area contributed by atoms with E-state index in [-0.39, 0.29) is 0 Å². The van der Waals surface area contributed by atoms with Gasteiger partial charge < -0.3 is 9.47 Å². The number of fused-ring (bicyclic) bond motifs is 9. The zero-order valence-electron chi connectivity index (χ0n) is 31.3. The standard InChI is InChI=1S/C54H34N2S2/c1-2-13-35(14-3-1)36-25-29-38(30-26-36)55(49-21-12-24-52-53(49)44-18-7-11-23-51(44)57-52)39-31-27-37(28-32-39)45-33-40(34-46-43-17-6-10-22-50(43)58-54(45)46)56-47-19-8-4-15-41(47)42-16-5-9-20-48(42)56/h1-34H. The minimum Gasteiger partial charge on any atom is -0.310 e. The fraction of sp³-hybridized carbons (Fsp3) is 0. The molecule has 12 rings (SSSR count). The van der Waals surface area contributed by atoms with E-state index in [2.05, 4.69) is 216 Å². The first-order valence-corrected chi connectivity index (χ1v) is 21.3. The predicted octanol–water partition coefficient (Wildman–Crippen LogP) is 16.3. The van der Waals surface area contributed by atoms with E-state index >= 15 is 0 Å². The van der Waals surface area contributed by atoms with Crippen molar-refractivity contribution in [3.8, 4) is 27.9 Å². The first-order valence-electron chi connectivity index (χ1n) is 19.7. The van der Waals surface area contributed by atoms with Crippen molar-refractivity contribution in [2.24, 2.45) is 0 Å². The highest BCUT2D eigenvalue weighted by atomic mass is 32.1. The van der Waals surface area contributed by atoms with Gasteiger partial charge in [-0.05, 0) is 89.5 Å². The lowest BCUT2D eigenvalue weighted by molar-refractivity contribution is 1.19. The van der Waals surface area contributed by atoms with Crippen LogP contribution in [0.25, 0.3) is 90.1 Å². The molecule has 0 unspecified atom stereocenters. The molecule has 0 aliphatic rings. The summed E-state index contributed by atoms with van der Waals surface area (Å²) in [6.45, 7) is 0. The highest BCUT2D eigenvalue weighted by Gasteiger charge is 2.21. The Kier molecular flexibility index (Phi) is 7.62. The lowest BCUT2D eigenvalue weighted by atomic mass is 10.00. The quantitative estimate of drug-likeness (QED) is 0.163. The molecule has 0 saturated carbocycles. The Morgan fingerprint density at radius 1 is 0.362 bits per heavy atom. The largest absolute Gasteiger partial charge is 0.310 e. The minimum absolute atomic E-state index is 1.12. The van der Waals surface area contributed by atoms with Crippen LogP contribution in [0.3, 0.4) is 0 Å². The molecule has 0 fully saturated rings. The molecule has 0 atom stereocenters. The summed E-state index contributed by atoms with van der Waals surface area (Å²) in [6.07, 6.45) is 0. The van der Waals surface area contributed by atoms with E-state index in [1.54, 1.807) is 0 Å². The monoisotopic (exact) mass is 774 g/mol. The van der Waals surface area contributed by atoms with Crippen LogP contribution in [-0.2, 0) is 0 Å². The van der Waals surface area contributed by atoms with Crippen LogP contribution in [0.15, 0.2) is 206 Å². The lowest BCUT2D eigenvalue weighted by Gasteiger charge is -2.27. The van der Waals surface area contributed by atoms with Gasteiger partial charge in [-0.15, -0.1) is 22.7 Å². The molecular weight excluding hydrogens is 741 g/mol. The van der Waals surface area contributed by atoms with Gasteiger partial charge in [-0.1, -0.05) is 133 Å². The van der Waals surface area contributed by atoms with Gasteiger partial charge in [0.2, 0.25) is 0 Å². The number of anilines is 3. The average Bonchev–Trinajstić information content (AvgIpc) is 3.97. The van der Waals surface area contributed by atoms with Crippen LogP contribution in [0.4, 0.5) is 17.1 Å². The fourth-order valence-corrected chi connectivity index (χ4v) is 11.3. The molecule has 0 aliphatic heterocycles. The maximum atomic E-state index is 2.45. The molecule has 12 aromatic rings. The van der Waals surface area contributed by atoms with Gasteiger partial charge in [-0.3, -0.25) is 0 Å². The van der Waals surface area contributed by atoms with Gasteiger partial charge in [0.1, 0.15) is 0 Å². The van der Waals surface area contributed by atoms with E-state index in [4.69, 9.17) is 0 Å². The lowest BCUT2D eigenvalue weighted by Crippen LogP contribution is -2.10. The van der Waals surface area contributed by atoms with E-state index < -0.39 is 0 Å². The Hall–Kier alpha value is -6.98. The number of hydrogen-bond donors (Lipinski definition) is 0. The number of nitrogens with zero attached hydrogens (tertiary/aromatic N) is 2. The molecule has 4 heteroatoms. The van der Waals surface area contributed by atoms with Crippen LogP contribution in [0.1, 0.15) is 0 Å². The third-order valence-corrected chi connectivity index (χ3v) is 13.9. The summed E-state index contributed by atoms with van der Waals surface area (Å²) < 4.78 is 7.64. The fourth-order valence-electron chi connectivity index (χ4n) is 8.95. The highest BCUT2D eigenvalue weighted by molar-refractivity contribution is 7.26. The van der Waals surface area contributed by atoms with Gasteiger partial charge in [0.05, 0.1) is 16.7 Å². The van der Waals surface area contributed by atoms with Crippen molar-refractivity contribution in [2.75, 3.05) is 4.90 Å². The number of hydrogen-bond acceptors (Lipinski definition) is 3. The number of benzene rings is 9. The molecule has 3 aromatic heterocycles. The number of rotatable bonds is 6. The maximum absolute atomic E-state index is 2.45. The molecule has 58 heavy (non-hydrogen) atoms. The highest BCUT2D eigenvalue weighted by Crippen LogP contribution is 2.47. The summed E-state index contributed by atoms with van der Waals surface area (Å²) >= 11 is 3.74. The SMILES string of the molecule is c1ccc(-c2ccc(N(c3ccc(-c4cc(-n5c6ccccc6c6ccccc65)cc5c4sc4ccccc45)cc3)c3cccc4sc5ccccc5c34)cc2)cc1. The number of thiophene rings is 2. The van der Waals surface area contributed by atoms with Crippen molar-refractivity contribution in [2.45, 2.75) is 0 Å². The Balaban J connectivity index is 1.05. The van der Waals surface area contributed by atoms with Crippen molar-refractivity contribution in [1.29, 1.82) is 0 Å². The molecule has 0 radical (unpaired) electrons. The van der Waals surface area contributed by atoms with Crippen molar-refractivity contribution < 1.29 is 0 Å². The van der Waals surface area contributed by atoms with Crippen LogP contribution < -0.4 is 4.90 Å². The van der Waals surface area contributed by atoms with Crippen molar-refractivity contribution >= 4 is 102 Å². The molecule has 0 amide bonds. The first kappa shape index (κ1) is 33.2. The molecule has 9 aromatic carbocycles. The van der Waals surface area contributed by atoms with Crippen LogP contribution in [0, 0.1) is 0 Å². The molecule has 2 nitrogen and oxygen atoms in total. The zero-order chi connectivity index (χ0) is 38.2. The maximum Gasteiger partial charge on any atom is 0.0554 e. The summed E-state index contributed by atoms with van der Waals surface area (Å²) in [7, 11) is 0. The molecule has 0 spiro atoms. The summed E-state index contributed by atoms with van der Waals surface area (Å²) in [4.78, 5) is 2.43. The Morgan fingerprint density at radius 2 is 0.897 bits per heavy atom. The second-order valence-electron chi connectivity index (χ2n) is 14.9. The predicted molar refractivity (Wildman–Crippen MR) is 252 cm³/mol. The van der Waals surface area contributed by atoms with Crippen LogP contribution in [0.2, 0.25) is 0 Å². The second-order valence-corrected chi connectivity index (χ2v) is 17.0.